The lowest BCUT2D eigenvalue weighted by atomic mass is 9.91. The molecule has 5 aromatic rings. The van der Waals surface area contributed by atoms with Gasteiger partial charge in [-0.3, -0.25) is 4.90 Å². The zero-order valence-corrected chi connectivity index (χ0v) is 28.3. The van der Waals surface area contributed by atoms with Crippen LogP contribution in [0.4, 0.5) is 5.82 Å². The van der Waals surface area contributed by atoms with E-state index >= 15 is 0 Å². The number of piperazine rings is 1. The number of anilines is 1. The molecular weight excluding hydrogens is 608 g/mol. The Kier molecular flexibility index (Phi) is 8.36. The number of hydrogen-bond donors (Lipinski definition) is 1. The molecule has 45 heavy (non-hydrogen) atoms. The van der Waals surface area contributed by atoms with Gasteiger partial charge in [-0.15, -0.1) is 11.3 Å². The molecule has 1 saturated heterocycles. The maximum Gasteiger partial charge on any atom is 0.337 e. The van der Waals surface area contributed by atoms with Crippen LogP contribution in [0.25, 0.3) is 42.9 Å². The number of pyridine rings is 1. The highest BCUT2D eigenvalue weighted by Gasteiger charge is 2.32. The topological polar surface area (TPSA) is 96.6 Å². The Morgan fingerprint density at radius 2 is 1.76 bits per heavy atom. The molecule has 236 valence electrons. The van der Waals surface area contributed by atoms with Crippen LogP contribution in [-0.4, -0.2) is 73.5 Å². The van der Waals surface area contributed by atoms with Crippen molar-refractivity contribution in [3.05, 3.63) is 58.7 Å². The summed E-state index contributed by atoms with van der Waals surface area (Å²) in [5.74, 6) is -0.102. The molecule has 1 N–H and O–H groups in total. The second-order valence-electron chi connectivity index (χ2n) is 13.0. The van der Waals surface area contributed by atoms with Crippen LogP contribution in [0, 0.1) is 6.92 Å². The standard InChI is InChI=1S/C34H39ClN6O3S/c1-19(2)40-12-14-41(15-13-40)31-24-17-22(18-36-30(24)39(7)38-31)32-37-25-16-20(3)26(28(33(42)43)44-34(4,5)6)27(29(25)45-32)21-8-10-23(35)11-9-21/h8-11,16-19,28H,12-15H2,1-7H3,(H,42,43). The van der Waals surface area contributed by atoms with Crippen LogP contribution < -0.4 is 4.90 Å². The van der Waals surface area contributed by atoms with Crippen molar-refractivity contribution in [3.8, 4) is 21.7 Å². The molecule has 1 aliphatic rings. The number of nitrogens with zero attached hydrogens (tertiary/aromatic N) is 6. The number of halogens is 1. The normalized spacial score (nSPS) is 15.4. The van der Waals surface area contributed by atoms with Crippen LogP contribution in [0.15, 0.2) is 42.6 Å². The number of benzene rings is 2. The molecule has 4 heterocycles. The summed E-state index contributed by atoms with van der Waals surface area (Å²) < 4.78 is 8.89. The minimum absolute atomic E-state index is 0.521. The van der Waals surface area contributed by atoms with Gasteiger partial charge in [0.05, 0.1) is 21.2 Å². The summed E-state index contributed by atoms with van der Waals surface area (Å²) in [4.78, 5) is 27.4. The van der Waals surface area contributed by atoms with E-state index in [0.717, 1.165) is 80.5 Å². The molecule has 9 nitrogen and oxygen atoms in total. The van der Waals surface area contributed by atoms with E-state index in [-0.39, 0.29) is 0 Å². The van der Waals surface area contributed by atoms with Crippen molar-refractivity contribution < 1.29 is 14.6 Å². The minimum Gasteiger partial charge on any atom is -0.479 e. The van der Waals surface area contributed by atoms with Crippen LogP contribution in [0.2, 0.25) is 5.02 Å². The van der Waals surface area contributed by atoms with Crippen LogP contribution in [0.5, 0.6) is 0 Å². The van der Waals surface area contributed by atoms with Gasteiger partial charge in [0.25, 0.3) is 0 Å². The van der Waals surface area contributed by atoms with Gasteiger partial charge in [-0.1, -0.05) is 23.7 Å². The molecule has 1 atom stereocenters. The van der Waals surface area contributed by atoms with E-state index in [1.54, 1.807) is 0 Å². The molecule has 0 saturated carbocycles. The van der Waals surface area contributed by atoms with Gasteiger partial charge in [-0.2, -0.15) is 5.10 Å². The molecule has 0 aliphatic carbocycles. The van der Waals surface area contributed by atoms with E-state index in [9.17, 15) is 9.90 Å². The molecule has 0 bridgehead atoms. The lowest BCUT2D eigenvalue weighted by Gasteiger charge is -2.37. The van der Waals surface area contributed by atoms with E-state index in [1.165, 1.54) is 11.3 Å². The highest BCUT2D eigenvalue weighted by Crippen LogP contribution is 2.44. The van der Waals surface area contributed by atoms with Crippen LogP contribution in [0.1, 0.15) is 51.8 Å². The highest BCUT2D eigenvalue weighted by atomic mass is 35.5. The van der Waals surface area contributed by atoms with Gasteiger partial charge in [0.15, 0.2) is 17.6 Å². The number of ether oxygens (including phenoxy) is 1. The predicted molar refractivity (Wildman–Crippen MR) is 182 cm³/mol. The fraction of sp³-hybridized carbons (Fsp3) is 0.412. The molecule has 1 fully saturated rings. The average molecular weight is 647 g/mol. The van der Waals surface area contributed by atoms with Crippen molar-refractivity contribution in [3.63, 3.8) is 0 Å². The van der Waals surface area contributed by atoms with Gasteiger partial charge in [0.1, 0.15) is 5.01 Å². The molecule has 2 aromatic carbocycles. The van der Waals surface area contributed by atoms with E-state index < -0.39 is 17.7 Å². The number of rotatable bonds is 7. The second-order valence-corrected chi connectivity index (χ2v) is 14.4. The Hall–Kier alpha value is -3.57. The molecule has 3 aromatic heterocycles. The van der Waals surface area contributed by atoms with Gasteiger partial charge < -0.3 is 14.7 Å². The number of aryl methyl sites for hydroxylation is 2. The van der Waals surface area contributed by atoms with Crippen molar-refractivity contribution in [2.75, 3.05) is 31.1 Å². The van der Waals surface area contributed by atoms with Gasteiger partial charge in [0, 0.05) is 67.2 Å². The maximum absolute atomic E-state index is 12.7. The summed E-state index contributed by atoms with van der Waals surface area (Å²) in [6, 6.07) is 12.1. The zero-order chi connectivity index (χ0) is 32.2. The van der Waals surface area contributed by atoms with Crippen molar-refractivity contribution in [2.45, 2.75) is 59.3 Å². The van der Waals surface area contributed by atoms with Gasteiger partial charge in [-0.05, 0) is 76.9 Å². The summed E-state index contributed by atoms with van der Waals surface area (Å²) >= 11 is 7.79. The Labute approximate surface area is 272 Å². The van der Waals surface area contributed by atoms with Gasteiger partial charge >= 0.3 is 5.97 Å². The number of aliphatic carboxylic acids is 1. The summed E-state index contributed by atoms with van der Waals surface area (Å²) in [5, 5.41) is 17.7. The fourth-order valence-corrected chi connectivity index (χ4v) is 7.32. The highest BCUT2D eigenvalue weighted by molar-refractivity contribution is 7.22. The number of carboxylic acids is 1. The van der Waals surface area contributed by atoms with Crippen LogP contribution in [0.3, 0.4) is 0 Å². The Morgan fingerprint density at radius 3 is 2.38 bits per heavy atom. The summed E-state index contributed by atoms with van der Waals surface area (Å²) in [7, 11) is 1.93. The van der Waals surface area contributed by atoms with Gasteiger partial charge in [0.2, 0.25) is 0 Å². The quantitative estimate of drug-likeness (QED) is 0.196. The first-order valence-electron chi connectivity index (χ1n) is 15.2. The van der Waals surface area contributed by atoms with E-state index in [0.29, 0.717) is 16.6 Å². The van der Waals surface area contributed by atoms with Crippen LogP contribution in [-0.2, 0) is 16.6 Å². The first-order valence-corrected chi connectivity index (χ1v) is 16.4. The second kappa shape index (κ2) is 12.0. The number of aromatic nitrogens is 4. The molecule has 1 aliphatic heterocycles. The third kappa shape index (κ3) is 6.16. The maximum atomic E-state index is 12.7. The number of hydrogen-bond acceptors (Lipinski definition) is 8. The smallest absolute Gasteiger partial charge is 0.337 e. The van der Waals surface area contributed by atoms with Gasteiger partial charge in [-0.25, -0.2) is 19.4 Å². The van der Waals surface area contributed by atoms with E-state index in [1.807, 2.05) is 76.0 Å². The fourth-order valence-electron chi connectivity index (χ4n) is 6.09. The van der Waals surface area contributed by atoms with Crippen LogP contribution >= 0.6 is 22.9 Å². The molecule has 6 rings (SSSR count). The molecular formula is C34H39ClN6O3S. The number of carboxylic acid groups (broad SMARTS) is 1. The lowest BCUT2D eigenvalue weighted by molar-refractivity contribution is -0.160. The minimum atomic E-state index is -1.17. The van der Waals surface area contributed by atoms with E-state index in [4.69, 9.17) is 31.4 Å². The number of fused-ring (bicyclic) bond motifs is 2. The van der Waals surface area contributed by atoms with Crippen molar-refractivity contribution in [1.29, 1.82) is 0 Å². The monoisotopic (exact) mass is 646 g/mol. The molecule has 0 amide bonds. The number of thiazole rings is 1. The zero-order valence-electron chi connectivity index (χ0n) is 26.8. The predicted octanol–water partition coefficient (Wildman–Crippen LogP) is 7.35. The largest absolute Gasteiger partial charge is 0.479 e. The van der Waals surface area contributed by atoms with Crippen molar-refractivity contribution >= 4 is 56.0 Å². The molecule has 0 spiro atoms. The first-order chi connectivity index (χ1) is 21.3. The Bertz CT molecular complexity index is 1880. The molecule has 0 radical (unpaired) electrons. The van der Waals surface area contributed by atoms with Crippen molar-refractivity contribution in [1.82, 2.24) is 24.6 Å². The summed E-state index contributed by atoms with van der Waals surface area (Å²) in [6.45, 7) is 15.8. The third-order valence-corrected chi connectivity index (χ3v) is 9.66. The lowest BCUT2D eigenvalue weighted by Crippen LogP contribution is -2.49. The van der Waals surface area contributed by atoms with E-state index in [2.05, 4.69) is 29.7 Å². The molecule has 1 unspecified atom stereocenters. The van der Waals surface area contributed by atoms with Crippen molar-refractivity contribution in [2.24, 2.45) is 7.05 Å². The average Bonchev–Trinajstić information content (AvgIpc) is 3.56. The molecule has 11 heteroatoms. The Morgan fingerprint density at radius 1 is 1.07 bits per heavy atom. The summed E-state index contributed by atoms with van der Waals surface area (Å²) in [6.07, 6.45) is 0.679. The first kappa shape index (κ1) is 31.4. The SMILES string of the molecule is Cc1cc2nc(-c3cnc4c(c3)c(N3CCN(C(C)C)CC3)nn4C)sc2c(-c2ccc(Cl)cc2)c1C(OC(C)(C)C)C(=O)O. The number of carbonyl (C=O) groups is 1. The summed E-state index contributed by atoms with van der Waals surface area (Å²) in [5.41, 5.74) is 4.88. The third-order valence-electron chi connectivity index (χ3n) is 8.27. The Balaban J connectivity index is 1.50.